The number of halogens is 2. The molecule has 2 aromatic carbocycles. The highest BCUT2D eigenvalue weighted by atomic mass is 19.3. The van der Waals surface area contributed by atoms with E-state index in [1.807, 2.05) is 12.1 Å². The summed E-state index contributed by atoms with van der Waals surface area (Å²) in [5.41, 5.74) is 1.46. The van der Waals surface area contributed by atoms with Gasteiger partial charge in [-0.25, -0.2) is 4.79 Å². The fourth-order valence-electron chi connectivity index (χ4n) is 2.04. The van der Waals surface area contributed by atoms with E-state index in [0.29, 0.717) is 5.75 Å². The Labute approximate surface area is 133 Å². The molecule has 0 aliphatic heterocycles. The monoisotopic (exact) mass is 320 g/mol. The number of unbranched alkanes of at least 4 members (excludes halogenated alkanes) is 1. The summed E-state index contributed by atoms with van der Waals surface area (Å²) in [4.78, 5) is 12.0. The van der Waals surface area contributed by atoms with Crippen LogP contribution < -0.4 is 9.47 Å². The minimum Gasteiger partial charge on any atom is -0.435 e. The molecule has 0 amide bonds. The number of alkyl halides is 2. The van der Waals surface area contributed by atoms with Crippen LogP contribution in [0.1, 0.15) is 35.7 Å². The van der Waals surface area contributed by atoms with E-state index in [9.17, 15) is 13.6 Å². The van der Waals surface area contributed by atoms with Gasteiger partial charge >= 0.3 is 12.6 Å². The van der Waals surface area contributed by atoms with Gasteiger partial charge in [-0.3, -0.25) is 0 Å². The molecule has 23 heavy (non-hydrogen) atoms. The van der Waals surface area contributed by atoms with Crippen molar-refractivity contribution in [3.8, 4) is 11.5 Å². The van der Waals surface area contributed by atoms with E-state index in [2.05, 4.69) is 11.7 Å². The zero-order chi connectivity index (χ0) is 16.7. The zero-order valence-electron chi connectivity index (χ0n) is 12.8. The fraction of sp³-hybridized carbons (Fsp3) is 0.278. The van der Waals surface area contributed by atoms with Gasteiger partial charge in [0.2, 0.25) is 0 Å². The number of benzene rings is 2. The molecule has 0 saturated heterocycles. The third kappa shape index (κ3) is 5.36. The molecule has 3 nitrogen and oxygen atoms in total. The molecule has 0 aromatic heterocycles. The van der Waals surface area contributed by atoms with Crippen molar-refractivity contribution < 1.29 is 23.0 Å². The van der Waals surface area contributed by atoms with E-state index >= 15 is 0 Å². The van der Waals surface area contributed by atoms with Crippen LogP contribution in [0.2, 0.25) is 0 Å². The minimum absolute atomic E-state index is 0.00294. The summed E-state index contributed by atoms with van der Waals surface area (Å²) in [6.45, 7) is -0.757. The van der Waals surface area contributed by atoms with Crippen molar-refractivity contribution in [2.75, 3.05) is 0 Å². The van der Waals surface area contributed by atoms with Crippen LogP contribution in [-0.4, -0.2) is 12.6 Å². The Hall–Kier alpha value is -2.43. The first-order valence-electron chi connectivity index (χ1n) is 7.44. The summed E-state index contributed by atoms with van der Waals surface area (Å²) >= 11 is 0. The van der Waals surface area contributed by atoms with E-state index in [-0.39, 0.29) is 11.3 Å². The second-order valence-corrected chi connectivity index (χ2v) is 5.04. The predicted molar refractivity (Wildman–Crippen MR) is 83.1 cm³/mol. The van der Waals surface area contributed by atoms with E-state index in [4.69, 9.17) is 4.74 Å². The lowest BCUT2D eigenvalue weighted by Crippen LogP contribution is -2.08. The molecule has 0 fully saturated rings. The van der Waals surface area contributed by atoms with Crippen molar-refractivity contribution in [1.82, 2.24) is 0 Å². The minimum atomic E-state index is -2.89. The smallest absolute Gasteiger partial charge is 0.387 e. The van der Waals surface area contributed by atoms with E-state index in [1.165, 1.54) is 29.8 Å². The number of carbonyl (C=O) groups is 1. The van der Waals surface area contributed by atoms with Gasteiger partial charge in [0.05, 0.1) is 5.56 Å². The van der Waals surface area contributed by atoms with Crippen LogP contribution >= 0.6 is 0 Å². The van der Waals surface area contributed by atoms with E-state index in [0.717, 1.165) is 19.3 Å². The van der Waals surface area contributed by atoms with Gasteiger partial charge in [0.15, 0.2) is 0 Å². The van der Waals surface area contributed by atoms with Gasteiger partial charge in [-0.1, -0.05) is 25.5 Å². The quantitative estimate of drug-likeness (QED) is 0.540. The Morgan fingerprint density at radius 3 is 2.17 bits per heavy atom. The Morgan fingerprint density at radius 1 is 1.00 bits per heavy atom. The van der Waals surface area contributed by atoms with Crippen molar-refractivity contribution >= 4 is 5.97 Å². The van der Waals surface area contributed by atoms with Crippen LogP contribution in [0.4, 0.5) is 8.78 Å². The molecule has 0 N–H and O–H groups in total. The molecular weight excluding hydrogens is 302 g/mol. The van der Waals surface area contributed by atoms with E-state index in [1.54, 1.807) is 12.1 Å². The summed E-state index contributed by atoms with van der Waals surface area (Å²) in [5.74, 6) is -0.102. The SMILES string of the molecule is CCCCc1ccc(OC(=O)c2ccc(OC(F)F)cc2)cc1. The standard InChI is InChI=1S/C18H18F2O3/c1-2-3-4-13-5-9-15(10-6-13)22-17(21)14-7-11-16(12-8-14)23-18(19)20/h5-12,18H,2-4H2,1H3. The van der Waals surface area contributed by atoms with E-state index < -0.39 is 12.6 Å². The molecule has 0 saturated carbocycles. The molecule has 0 aliphatic carbocycles. The highest BCUT2D eigenvalue weighted by molar-refractivity contribution is 5.91. The number of hydrogen-bond donors (Lipinski definition) is 0. The van der Waals surface area contributed by atoms with Crippen LogP contribution in [0.15, 0.2) is 48.5 Å². The van der Waals surface area contributed by atoms with Crippen molar-refractivity contribution in [2.24, 2.45) is 0 Å². The summed E-state index contributed by atoms with van der Waals surface area (Å²) in [7, 11) is 0. The molecule has 5 heteroatoms. The van der Waals surface area contributed by atoms with Crippen molar-refractivity contribution in [1.29, 1.82) is 0 Å². The first-order valence-corrected chi connectivity index (χ1v) is 7.44. The molecule has 0 spiro atoms. The van der Waals surface area contributed by atoms with Gasteiger partial charge < -0.3 is 9.47 Å². The molecule has 0 unspecified atom stereocenters. The number of ether oxygens (including phenoxy) is 2. The number of carbonyl (C=O) groups excluding carboxylic acids is 1. The highest BCUT2D eigenvalue weighted by Crippen LogP contribution is 2.18. The maximum atomic E-state index is 12.1. The van der Waals surface area contributed by atoms with Crippen LogP contribution in [0.5, 0.6) is 11.5 Å². The largest absolute Gasteiger partial charge is 0.435 e. The summed E-state index contributed by atoms with van der Waals surface area (Å²) in [6, 6.07) is 12.7. The predicted octanol–water partition coefficient (Wildman–Crippen LogP) is 4.85. The maximum Gasteiger partial charge on any atom is 0.387 e. The molecule has 0 radical (unpaired) electrons. The second kappa shape index (κ2) is 8.27. The van der Waals surface area contributed by atoms with Gasteiger partial charge in [-0.2, -0.15) is 8.78 Å². The lowest BCUT2D eigenvalue weighted by molar-refractivity contribution is -0.0498. The second-order valence-electron chi connectivity index (χ2n) is 5.04. The fourth-order valence-corrected chi connectivity index (χ4v) is 2.04. The lowest BCUT2D eigenvalue weighted by Gasteiger charge is -2.07. The number of aryl methyl sites for hydroxylation is 1. The van der Waals surface area contributed by atoms with Crippen LogP contribution in [0.3, 0.4) is 0 Å². The number of esters is 1. The number of hydrogen-bond acceptors (Lipinski definition) is 3. The van der Waals surface area contributed by atoms with Crippen LogP contribution in [0, 0.1) is 0 Å². The van der Waals surface area contributed by atoms with Gasteiger partial charge in [0.25, 0.3) is 0 Å². The first-order chi connectivity index (χ1) is 11.1. The van der Waals surface area contributed by atoms with Gasteiger partial charge in [0, 0.05) is 0 Å². The topological polar surface area (TPSA) is 35.5 Å². The van der Waals surface area contributed by atoms with Crippen LogP contribution in [-0.2, 0) is 6.42 Å². The molecule has 0 aliphatic rings. The Balaban J connectivity index is 1.95. The molecule has 2 aromatic rings. The highest BCUT2D eigenvalue weighted by Gasteiger charge is 2.10. The maximum absolute atomic E-state index is 12.1. The third-order valence-corrected chi connectivity index (χ3v) is 3.27. The van der Waals surface area contributed by atoms with Crippen molar-refractivity contribution in [3.05, 3.63) is 59.7 Å². The average molecular weight is 320 g/mol. The first kappa shape index (κ1) is 16.9. The van der Waals surface area contributed by atoms with Gasteiger partial charge in [-0.15, -0.1) is 0 Å². The Bertz CT molecular complexity index is 622. The zero-order valence-corrected chi connectivity index (χ0v) is 12.8. The van der Waals surface area contributed by atoms with Crippen molar-refractivity contribution in [2.45, 2.75) is 32.8 Å². The normalized spacial score (nSPS) is 10.6. The van der Waals surface area contributed by atoms with Crippen LogP contribution in [0.25, 0.3) is 0 Å². The van der Waals surface area contributed by atoms with Gasteiger partial charge in [-0.05, 0) is 54.8 Å². The molecule has 0 bridgehead atoms. The molecule has 0 heterocycles. The summed E-state index contributed by atoms with van der Waals surface area (Å²) in [6.07, 6.45) is 3.24. The Kier molecular flexibility index (Phi) is 6.09. The van der Waals surface area contributed by atoms with Gasteiger partial charge in [0.1, 0.15) is 11.5 Å². The lowest BCUT2D eigenvalue weighted by atomic mass is 10.1. The summed E-state index contributed by atoms with van der Waals surface area (Å²) in [5, 5.41) is 0. The molecule has 0 atom stereocenters. The number of rotatable bonds is 7. The third-order valence-electron chi connectivity index (χ3n) is 3.27. The molecular formula is C18H18F2O3. The molecule has 122 valence electrons. The van der Waals surface area contributed by atoms with Crippen molar-refractivity contribution in [3.63, 3.8) is 0 Å². The average Bonchev–Trinajstić information content (AvgIpc) is 2.54. The summed E-state index contributed by atoms with van der Waals surface area (Å²) < 4.78 is 33.6. The molecule has 2 rings (SSSR count). The Morgan fingerprint density at radius 2 is 1.61 bits per heavy atom.